The Labute approximate surface area is 156 Å². The lowest BCUT2D eigenvalue weighted by atomic mass is 10.1. The Hall–Kier alpha value is -2.94. The van der Waals surface area contributed by atoms with Gasteiger partial charge >= 0.3 is 6.36 Å². The van der Waals surface area contributed by atoms with Gasteiger partial charge < -0.3 is 10.5 Å². The number of ether oxygens (including phenoxy) is 1. The van der Waals surface area contributed by atoms with Crippen LogP contribution in [0.2, 0.25) is 0 Å². The minimum absolute atomic E-state index is 0.122. The van der Waals surface area contributed by atoms with Crippen molar-refractivity contribution in [1.29, 1.82) is 0 Å². The number of hydrogen-bond acceptors (Lipinski definition) is 5. The summed E-state index contributed by atoms with van der Waals surface area (Å²) in [7, 11) is 0. The summed E-state index contributed by atoms with van der Waals surface area (Å²) >= 11 is 1.45. The number of aromatic nitrogens is 2. The number of benzene rings is 1. The molecule has 140 valence electrons. The molecule has 9 heteroatoms. The topological polar surface area (TPSA) is 78.1 Å². The van der Waals surface area contributed by atoms with Crippen LogP contribution in [0, 0.1) is 6.92 Å². The number of nitrogens with two attached hydrogens (primary N) is 1. The Morgan fingerprint density at radius 3 is 2.59 bits per heavy atom. The Morgan fingerprint density at radius 1 is 1.19 bits per heavy atom. The van der Waals surface area contributed by atoms with E-state index in [1.54, 1.807) is 19.1 Å². The van der Waals surface area contributed by atoms with Crippen LogP contribution in [0.4, 0.5) is 13.2 Å². The van der Waals surface area contributed by atoms with E-state index in [2.05, 4.69) is 14.7 Å². The normalized spacial score (nSPS) is 11.4. The van der Waals surface area contributed by atoms with Crippen molar-refractivity contribution >= 4 is 17.2 Å². The van der Waals surface area contributed by atoms with Crippen LogP contribution in [-0.2, 0) is 6.42 Å². The van der Waals surface area contributed by atoms with Gasteiger partial charge in [0.1, 0.15) is 11.4 Å². The second kappa shape index (κ2) is 7.36. The molecule has 0 spiro atoms. The molecule has 5 nitrogen and oxygen atoms in total. The molecule has 0 saturated heterocycles. The molecule has 0 bridgehead atoms. The Morgan fingerprint density at radius 2 is 1.93 bits per heavy atom. The molecular weight excluding hydrogens is 379 g/mol. The van der Waals surface area contributed by atoms with E-state index in [0.29, 0.717) is 17.7 Å². The van der Waals surface area contributed by atoms with Gasteiger partial charge in [0.25, 0.3) is 5.91 Å². The third kappa shape index (κ3) is 4.62. The second-order valence-electron chi connectivity index (χ2n) is 5.69. The first-order valence-corrected chi connectivity index (χ1v) is 8.60. The first-order valence-electron chi connectivity index (χ1n) is 7.78. The van der Waals surface area contributed by atoms with Crippen molar-refractivity contribution in [3.63, 3.8) is 0 Å². The summed E-state index contributed by atoms with van der Waals surface area (Å²) in [6.45, 7) is 1.55. The molecule has 0 aliphatic heterocycles. The van der Waals surface area contributed by atoms with Crippen LogP contribution < -0.4 is 10.5 Å². The smallest absolute Gasteiger partial charge is 0.406 e. The molecule has 0 atom stereocenters. The van der Waals surface area contributed by atoms with Crippen LogP contribution in [0.5, 0.6) is 5.75 Å². The molecule has 0 unspecified atom stereocenters. The average Bonchev–Trinajstić information content (AvgIpc) is 3.04. The summed E-state index contributed by atoms with van der Waals surface area (Å²) in [6, 6.07) is 8.23. The lowest BCUT2D eigenvalue weighted by Gasteiger charge is -2.12. The Kier molecular flexibility index (Phi) is 5.13. The van der Waals surface area contributed by atoms with Crippen molar-refractivity contribution in [2.75, 3.05) is 0 Å². The minimum atomic E-state index is -4.72. The van der Waals surface area contributed by atoms with E-state index < -0.39 is 12.3 Å². The van der Waals surface area contributed by atoms with Gasteiger partial charge in [-0.3, -0.25) is 9.78 Å². The lowest BCUT2D eigenvalue weighted by Crippen LogP contribution is -2.17. The lowest BCUT2D eigenvalue weighted by molar-refractivity contribution is -0.274. The zero-order valence-electron chi connectivity index (χ0n) is 14.1. The maximum absolute atomic E-state index is 12.4. The number of hydrogen-bond donors (Lipinski definition) is 1. The number of carbonyl (C=O) groups excluding carboxylic acids is 1. The third-order valence-corrected chi connectivity index (χ3v) is 4.83. The highest BCUT2D eigenvalue weighted by atomic mass is 32.1. The van der Waals surface area contributed by atoms with Crippen molar-refractivity contribution in [3.05, 3.63) is 64.6 Å². The van der Waals surface area contributed by atoms with Crippen molar-refractivity contribution in [1.82, 2.24) is 9.97 Å². The van der Waals surface area contributed by atoms with Gasteiger partial charge in [-0.1, -0.05) is 0 Å². The van der Waals surface area contributed by atoms with Crippen molar-refractivity contribution in [2.45, 2.75) is 19.7 Å². The van der Waals surface area contributed by atoms with Gasteiger partial charge in [-0.05, 0) is 48.4 Å². The van der Waals surface area contributed by atoms with E-state index in [4.69, 9.17) is 5.73 Å². The van der Waals surface area contributed by atoms with Crippen LogP contribution in [0.3, 0.4) is 0 Å². The Balaban J connectivity index is 1.82. The fraction of sp³-hybridized carbons (Fsp3) is 0.167. The largest absolute Gasteiger partial charge is 0.573 e. The molecule has 0 radical (unpaired) electrons. The van der Waals surface area contributed by atoms with Gasteiger partial charge in [0.05, 0.1) is 5.69 Å². The van der Waals surface area contributed by atoms with Crippen molar-refractivity contribution in [3.8, 4) is 16.2 Å². The van der Waals surface area contributed by atoms with Gasteiger partial charge in [0.15, 0.2) is 0 Å². The highest BCUT2D eigenvalue weighted by Crippen LogP contribution is 2.34. The number of aryl methyl sites for hydroxylation is 1. The zero-order valence-corrected chi connectivity index (χ0v) is 14.9. The monoisotopic (exact) mass is 393 g/mol. The van der Waals surface area contributed by atoms with Gasteiger partial charge in [-0.2, -0.15) is 0 Å². The fourth-order valence-electron chi connectivity index (χ4n) is 2.54. The van der Waals surface area contributed by atoms with Crippen LogP contribution in [0.15, 0.2) is 42.7 Å². The molecule has 0 saturated carbocycles. The number of rotatable bonds is 5. The quantitative estimate of drug-likeness (QED) is 0.708. The van der Waals surface area contributed by atoms with Gasteiger partial charge in [-0.25, -0.2) is 4.98 Å². The number of halogens is 3. The summed E-state index contributed by atoms with van der Waals surface area (Å²) in [5.41, 5.74) is 7.06. The fourth-order valence-corrected chi connectivity index (χ4v) is 3.55. The Bertz CT molecular complexity index is 986. The third-order valence-electron chi connectivity index (χ3n) is 3.70. The molecule has 3 rings (SSSR count). The van der Waals surface area contributed by atoms with Crippen LogP contribution >= 0.6 is 11.3 Å². The summed E-state index contributed by atoms with van der Waals surface area (Å²) < 4.78 is 41.1. The number of nitrogens with zero attached hydrogens (tertiary/aromatic N) is 2. The molecule has 3 aromatic rings. The number of primary amides is 1. The van der Waals surface area contributed by atoms with Gasteiger partial charge in [0, 0.05) is 28.6 Å². The van der Waals surface area contributed by atoms with Crippen LogP contribution in [0.25, 0.3) is 10.4 Å². The van der Waals surface area contributed by atoms with Gasteiger partial charge in [-0.15, -0.1) is 24.5 Å². The van der Waals surface area contributed by atoms with Crippen molar-refractivity contribution < 1.29 is 22.7 Å². The van der Waals surface area contributed by atoms with E-state index in [1.807, 2.05) is 12.1 Å². The van der Waals surface area contributed by atoms with Crippen LogP contribution in [0.1, 0.15) is 26.6 Å². The molecule has 0 fully saturated rings. The zero-order chi connectivity index (χ0) is 19.6. The molecule has 0 aliphatic rings. The van der Waals surface area contributed by atoms with E-state index in [9.17, 15) is 18.0 Å². The number of alkyl halides is 3. The maximum atomic E-state index is 12.4. The summed E-state index contributed by atoms with van der Waals surface area (Å²) in [5, 5.41) is 0. The number of thiophene rings is 1. The molecular formula is C18H14F3N3O2S. The second-order valence-corrected chi connectivity index (χ2v) is 6.86. The summed E-state index contributed by atoms with van der Waals surface area (Å²) in [5.74, 6) is -0.876. The average molecular weight is 393 g/mol. The first-order chi connectivity index (χ1) is 12.7. The predicted molar refractivity (Wildman–Crippen MR) is 94.5 cm³/mol. The maximum Gasteiger partial charge on any atom is 0.573 e. The molecule has 27 heavy (non-hydrogen) atoms. The molecule has 0 aliphatic carbocycles. The SMILES string of the molecule is Cc1cc(-c2ccc(Cc3nccnc3C(N)=O)s2)ccc1OC(F)(F)F. The molecule has 2 N–H and O–H groups in total. The molecule has 2 aromatic heterocycles. The van der Waals surface area contributed by atoms with Crippen molar-refractivity contribution in [2.24, 2.45) is 5.73 Å². The first kappa shape index (κ1) is 18.8. The standard InChI is InChI=1S/C18H14F3N3O2S/c1-10-8-11(2-4-14(10)26-18(19,20)21)15-5-3-12(27-15)9-13-16(17(22)25)24-7-6-23-13/h2-8H,9H2,1H3,(H2,22,25). The molecule has 2 heterocycles. The highest BCUT2D eigenvalue weighted by Gasteiger charge is 2.31. The van der Waals surface area contributed by atoms with E-state index in [0.717, 1.165) is 15.3 Å². The summed E-state index contributed by atoms with van der Waals surface area (Å²) in [6.07, 6.45) is -1.46. The summed E-state index contributed by atoms with van der Waals surface area (Å²) in [4.78, 5) is 21.3. The van der Waals surface area contributed by atoms with Gasteiger partial charge in [0.2, 0.25) is 0 Å². The van der Waals surface area contributed by atoms with E-state index in [1.165, 1.54) is 29.8 Å². The van der Waals surface area contributed by atoms with E-state index >= 15 is 0 Å². The number of carbonyl (C=O) groups is 1. The molecule has 1 aromatic carbocycles. The van der Waals surface area contributed by atoms with Crippen LogP contribution in [-0.4, -0.2) is 22.2 Å². The van der Waals surface area contributed by atoms with E-state index in [-0.39, 0.29) is 11.4 Å². The molecule has 1 amide bonds. The number of amides is 1. The highest BCUT2D eigenvalue weighted by molar-refractivity contribution is 7.15. The minimum Gasteiger partial charge on any atom is -0.406 e. The predicted octanol–water partition coefficient (Wildman–Crippen LogP) is 4.10.